The van der Waals surface area contributed by atoms with Gasteiger partial charge in [-0.25, -0.2) is 0 Å². The van der Waals surface area contributed by atoms with Gasteiger partial charge in [-0.3, -0.25) is 0 Å². The largest absolute Gasteiger partial charge is 0.309 e. The molecule has 0 N–H and O–H groups in total. The first kappa shape index (κ1) is 44.0. The molecule has 3 heteroatoms. The second-order valence-electron chi connectivity index (χ2n) is 20.2. The number of hydrogen-bond donors (Lipinski definition) is 0. The van der Waals surface area contributed by atoms with Gasteiger partial charge >= 0.3 is 0 Å². The standard InChI is InChI=1S/C73H50N2Si/c1-6-25-51(26-7-1)73(52-27-8-2-9-28-52)64-41-19-16-35-58(64)60-39-22-40-61(72(60)73)59-38-23-44-67-70(59)62-36-17-21-43-66(62)75(67)69-46-24-45-68-71(69)63-37-18-20-42-65(63)74(68)53-47-49-57(50-48-53)76(54-29-10-3-11-30-54,55-31-12-4-13-32-55)56-33-14-5-15-34-56/h1-50H. The van der Waals surface area contributed by atoms with Gasteiger partial charge in [-0.1, -0.05) is 261 Å². The minimum Gasteiger partial charge on any atom is -0.309 e. The molecule has 76 heavy (non-hydrogen) atoms. The third kappa shape index (κ3) is 6.27. The molecule has 12 aromatic carbocycles. The molecule has 0 unspecified atom stereocenters. The molecule has 0 spiro atoms. The molecule has 0 atom stereocenters. The third-order valence-corrected chi connectivity index (χ3v) is 21.4. The summed E-state index contributed by atoms with van der Waals surface area (Å²) in [5, 5.41) is 10.4. The summed E-state index contributed by atoms with van der Waals surface area (Å²) in [6.45, 7) is 0. The Morgan fingerprint density at radius 2 is 0.658 bits per heavy atom. The maximum Gasteiger partial charge on any atom is 0.179 e. The van der Waals surface area contributed by atoms with Crippen LogP contribution in [-0.2, 0) is 5.41 Å². The smallest absolute Gasteiger partial charge is 0.179 e. The summed E-state index contributed by atoms with van der Waals surface area (Å²) in [6.07, 6.45) is 0. The number of para-hydroxylation sites is 2. The molecule has 2 heterocycles. The second-order valence-corrected chi connectivity index (χ2v) is 24.0. The van der Waals surface area contributed by atoms with Gasteiger partial charge in [0.2, 0.25) is 0 Å². The first-order valence-corrected chi connectivity index (χ1v) is 28.4. The van der Waals surface area contributed by atoms with Gasteiger partial charge in [0.15, 0.2) is 8.07 Å². The molecule has 15 rings (SSSR count). The highest BCUT2D eigenvalue weighted by atomic mass is 28.3. The van der Waals surface area contributed by atoms with Crippen LogP contribution in [0.2, 0.25) is 0 Å². The number of nitrogens with zero attached hydrogens (tertiary/aromatic N) is 2. The van der Waals surface area contributed by atoms with E-state index < -0.39 is 13.5 Å². The molecule has 0 bridgehead atoms. The van der Waals surface area contributed by atoms with Crippen LogP contribution in [0.1, 0.15) is 22.3 Å². The first-order valence-electron chi connectivity index (χ1n) is 26.4. The fourth-order valence-electron chi connectivity index (χ4n) is 13.6. The van der Waals surface area contributed by atoms with Crippen molar-refractivity contribution in [2.45, 2.75) is 5.41 Å². The van der Waals surface area contributed by atoms with E-state index in [4.69, 9.17) is 0 Å². The SMILES string of the molecule is c1ccc(C2(c3ccccc3)c3ccccc3-c3cccc(-c4cccc5c4c4ccccc4n5-c4cccc5c4c4ccccc4n5-c4ccc([Si](c5ccccc5)(c5ccccc5)c5ccccc5)cc4)c32)cc1. The van der Waals surface area contributed by atoms with Crippen LogP contribution < -0.4 is 20.7 Å². The zero-order valence-corrected chi connectivity index (χ0v) is 42.8. The number of benzene rings is 12. The lowest BCUT2D eigenvalue weighted by molar-refractivity contribution is 0.770. The zero-order valence-electron chi connectivity index (χ0n) is 41.8. The van der Waals surface area contributed by atoms with Crippen LogP contribution in [0.4, 0.5) is 0 Å². The molecule has 0 aliphatic heterocycles. The van der Waals surface area contributed by atoms with Gasteiger partial charge in [-0.05, 0) is 108 Å². The molecule has 356 valence electrons. The second kappa shape index (κ2) is 17.6. The first-order chi connectivity index (χ1) is 37.8. The lowest BCUT2D eigenvalue weighted by atomic mass is 9.66. The molecule has 14 aromatic rings. The van der Waals surface area contributed by atoms with E-state index in [1.165, 1.54) is 109 Å². The van der Waals surface area contributed by atoms with Crippen molar-refractivity contribution in [2.75, 3.05) is 0 Å². The molecule has 2 aromatic heterocycles. The minimum absolute atomic E-state index is 0.550. The molecular weight excluding hydrogens is 933 g/mol. The van der Waals surface area contributed by atoms with Crippen molar-refractivity contribution in [1.29, 1.82) is 0 Å². The van der Waals surface area contributed by atoms with Crippen molar-refractivity contribution in [1.82, 2.24) is 9.13 Å². The van der Waals surface area contributed by atoms with E-state index in [1.807, 2.05) is 0 Å². The molecule has 1 aliphatic rings. The van der Waals surface area contributed by atoms with Crippen molar-refractivity contribution in [3.8, 4) is 33.6 Å². The molecule has 2 nitrogen and oxygen atoms in total. The van der Waals surface area contributed by atoms with Crippen LogP contribution in [0.3, 0.4) is 0 Å². The summed E-state index contributed by atoms with van der Waals surface area (Å²) in [6, 6.07) is 113. The van der Waals surface area contributed by atoms with Crippen LogP contribution in [-0.4, -0.2) is 17.2 Å². The molecule has 0 radical (unpaired) electrons. The average molecular weight is 983 g/mol. The fraction of sp³-hybridized carbons (Fsp3) is 0.0137. The van der Waals surface area contributed by atoms with Gasteiger partial charge in [0.1, 0.15) is 0 Å². The lowest BCUT2D eigenvalue weighted by Gasteiger charge is -2.35. The van der Waals surface area contributed by atoms with E-state index in [0.29, 0.717) is 0 Å². The Morgan fingerprint density at radius 3 is 1.25 bits per heavy atom. The molecule has 0 saturated carbocycles. The van der Waals surface area contributed by atoms with Crippen LogP contribution >= 0.6 is 0 Å². The summed E-state index contributed by atoms with van der Waals surface area (Å²) in [7, 11) is -2.72. The Bertz CT molecular complexity index is 4350. The van der Waals surface area contributed by atoms with E-state index in [2.05, 4.69) is 312 Å². The molecule has 0 fully saturated rings. The van der Waals surface area contributed by atoms with Crippen LogP contribution in [0.25, 0.3) is 77.2 Å². The highest BCUT2D eigenvalue weighted by molar-refractivity contribution is 7.19. The van der Waals surface area contributed by atoms with Gasteiger partial charge in [-0.15, -0.1) is 0 Å². The topological polar surface area (TPSA) is 9.86 Å². The summed E-state index contributed by atoms with van der Waals surface area (Å²) >= 11 is 0. The summed E-state index contributed by atoms with van der Waals surface area (Å²) in [4.78, 5) is 0. The number of hydrogen-bond acceptors (Lipinski definition) is 0. The Morgan fingerprint density at radius 1 is 0.263 bits per heavy atom. The van der Waals surface area contributed by atoms with E-state index >= 15 is 0 Å². The molecule has 1 aliphatic carbocycles. The monoisotopic (exact) mass is 982 g/mol. The quantitative estimate of drug-likeness (QED) is 0.101. The molecule has 0 amide bonds. The number of rotatable bonds is 9. The van der Waals surface area contributed by atoms with Gasteiger partial charge in [0.25, 0.3) is 0 Å². The zero-order chi connectivity index (χ0) is 50.2. The predicted octanol–water partition coefficient (Wildman–Crippen LogP) is 15.3. The van der Waals surface area contributed by atoms with Gasteiger partial charge in [0.05, 0.1) is 33.2 Å². The predicted molar refractivity (Wildman–Crippen MR) is 321 cm³/mol. The minimum atomic E-state index is -2.72. The van der Waals surface area contributed by atoms with Crippen LogP contribution in [0.5, 0.6) is 0 Å². The van der Waals surface area contributed by atoms with E-state index in [9.17, 15) is 0 Å². The van der Waals surface area contributed by atoms with Crippen molar-refractivity contribution in [3.63, 3.8) is 0 Å². The summed E-state index contributed by atoms with van der Waals surface area (Å²) < 4.78 is 5.02. The number of aromatic nitrogens is 2. The van der Waals surface area contributed by atoms with Crippen molar-refractivity contribution >= 4 is 72.4 Å². The van der Waals surface area contributed by atoms with Crippen molar-refractivity contribution in [3.05, 3.63) is 326 Å². The maximum atomic E-state index is 2.54. The van der Waals surface area contributed by atoms with Crippen molar-refractivity contribution in [2.24, 2.45) is 0 Å². The summed E-state index contributed by atoms with van der Waals surface area (Å²) in [5.41, 5.74) is 16.6. The Balaban J connectivity index is 0.955. The number of fused-ring (bicyclic) bond motifs is 9. The van der Waals surface area contributed by atoms with Crippen LogP contribution in [0, 0.1) is 0 Å². The van der Waals surface area contributed by atoms with Gasteiger partial charge in [0, 0.05) is 27.2 Å². The average Bonchev–Trinajstić information content (AvgIpc) is 4.14. The van der Waals surface area contributed by atoms with E-state index in [-0.39, 0.29) is 0 Å². The lowest BCUT2D eigenvalue weighted by Crippen LogP contribution is -2.74. The Kier molecular flexibility index (Phi) is 10.2. The van der Waals surface area contributed by atoms with Crippen LogP contribution in [0.15, 0.2) is 303 Å². The maximum absolute atomic E-state index is 2.72. The fourth-order valence-corrected chi connectivity index (χ4v) is 18.4. The highest BCUT2D eigenvalue weighted by Crippen LogP contribution is 2.59. The Labute approximate surface area is 443 Å². The normalized spacial score (nSPS) is 12.8. The van der Waals surface area contributed by atoms with Gasteiger partial charge in [-0.2, -0.15) is 0 Å². The highest BCUT2D eigenvalue weighted by Gasteiger charge is 2.48. The summed E-state index contributed by atoms with van der Waals surface area (Å²) in [5.74, 6) is 0. The Hall–Kier alpha value is -9.54. The third-order valence-electron chi connectivity index (χ3n) is 16.6. The van der Waals surface area contributed by atoms with E-state index in [0.717, 1.165) is 11.4 Å². The van der Waals surface area contributed by atoms with Crippen molar-refractivity contribution < 1.29 is 0 Å². The van der Waals surface area contributed by atoms with E-state index in [1.54, 1.807) is 0 Å². The molecule has 0 saturated heterocycles. The van der Waals surface area contributed by atoms with Gasteiger partial charge < -0.3 is 9.13 Å². The molecular formula is C73H50N2Si.